The van der Waals surface area contributed by atoms with Crippen molar-refractivity contribution in [2.75, 3.05) is 7.11 Å². The molecule has 1 aliphatic carbocycles. The maximum atomic E-state index is 13.0. The molecule has 0 unspecified atom stereocenters. The van der Waals surface area contributed by atoms with Crippen LogP contribution >= 0.6 is 23.1 Å². The molecule has 26 heavy (non-hydrogen) atoms. The summed E-state index contributed by atoms with van der Waals surface area (Å²) in [7, 11) is 1.20. The van der Waals surface area contributed by atoms with E-state index in [0.29, 0.717) is 11.7 Å². The second kappa shape index (κ2) is 7.79. The molecule has 2 amide bonds. The third kappa shape index (κ3) is 3.50. The summed E-state index contributed by atoms with van der Waals surface area (Å²) in [6.45, 7) is 4.02. The molecule has 1 atom stereocenters. The van der Waals surface area contributed by atoms with Crippen LogP contribution in [0.2, 0.25) is 0 Å². The molecule has 2 heterocycles. The van der Waals surface area contributed by atoms with Gasteiger partial charge in [-0.3, -0.25) is 19.5 Å². The second-order valence-corrected chi connectivity index (χ2v) is 8.47. The lowest BCUT2D eigenvalue weighted by Gasteiger charge is -2.14. The molecule has 0 spiro atoms. The SMILES string of the molecule is CCn1c(S[C@H](C)C(=O)NC(=O)OC)nc2sc3c(c2c1=O)CCCC3. The van der Waals surface area contributed by atoms with Gasteiger partial charge in [-0.1, -0.05) is 11.8 Å². The largest absolute Gasteiger partial charge is 0.453 e. The lowest BCUT2D eigenvalue weighted by Crippen LogP contribution is -2.36. The van der Waals surface area contributed by atoms with E-state index in [0.717, 1.165) is 41.5 Å². The normalized spacial score (nSPS) is 14.7. The van der Waals surface area contributed by atoms with E-state index < -0.39 is 17.3 Å². The third-order valence-corrected chi connectivity index (χ3v) is 6.69. The van der Waals surface area contributed by atoms with Crippen molar-refractivity contribution in [2.24, 2.45) is 0 Å². The van der Waals surface area contributed by atoms with Crippen LogP contribution in [0.25, 0.3) is 10.2 Å². The number of hydrogen-bond acceptors (Lipinski definition) is 7. The minimum Gasteiger partial charge on any atom is -0.453 e. The number of ether oxygens (including phenoxy) is 1. The van der Waals surface area contributed by atoms with Gasteiger partial charge < -0.3 is 4.74 Å². The number of thiophene rings is 1. The van der Waals surface area contributed by atoms with E-state index >= 15 is 0 Å². The number of amides is 2. The third-order valence-electron chi connectivity index (χ3n) is 4.42. The van der Waals surface area contributed by atoms with Gasteiger partial charge in [-0.25, -0.2) is 9.78 Å². The van der Waals surface area contributed by atoms with Crippen molar-refractivity contribution < 1.29 is 14.3 Å². The quantitative estimate of drug-likeness (QED) is 0.632. The Labute approximate surface area is 159 Å². The topological polar surface area (TPSA) is 90.3 Å². The fraction of sp³-hybridized carbons (Fsp3) is 0.529. The second-order valence-electron chi connectivity index (χ2n) is 6.08. The number of carbonyl (C=O) groups excluding carboxylic acids is 2. The van der Waals surface area contributed by atoms with Crippen LogP contribution in [0.15, 0.2) is 9.95 Å². The van der Waals surface area contributed by atoms with Gasteiger partial charge in [0.25, 0.3) is 5.56 Å². The first-order valence-corrected chi connectivity index (χ1v) is 10.3. The summed E-state index contributed by atoms with van der Waals surface area (Å²) in [5.74, 6) is -0.482. The van der Waals surface area contributed by atoms with Crippen LogP contribution in [0.5, 0.6) is 0 Å². The van der Waals surface area contributed by atoms with Gasteiger partial charge in [-0.15, -0.1) is 11.3 Å². The molecule has 0 radical (unpaired) electrons. The van der Waals surface area contributed by atoms with Crippen LogP contribution in [0.3, 0.4) is 0 Å². The van der Waals surface area contributed by atoms with Gasteiger partial charge in [0.15, 0.2) is 5.16 Å². The number of fused-ring (bicyclic) bond motifs is 3. The zero-order valence-corrected chi connectivity index (χ0v) is 16.6. The summed E-state index contributed by atoms with van der Waals surface area (Å²) in [4.78, 5) is 43.0. The number of rotatable bonds is 4. The predicted octanol–water partition coefficient (Wildman–Crippen LogP) is 2.72. The Morgan fingerprint density at radius 1 is 1.38 bits per heavy atom. The van der Waals surface area contributed by atoms with E-state index in [-0.39, 0.29) is 5.56 Å². The van der Waals surface area contributed by atoms with Crippen molar-refractivity contribution in [3.05, 3.63) is 20.8 Å². The van der Waals surface area contributed by atoms with Crippen molar-refractivity contribution in [2.45, 2.75) is 56.5 Å². The monoisotopic (exact) mass is 395 g/mol. The molecule has 0 saturated carbocycles. The number of imide groups is 1. The Balaban J connectivity index is 1.97. The van der Waals surface area contributed by atoms with E-state index in [4.69, 9.17) is 0 Å². The van der Waals surface area contributed by atoms with Crippen molar-refractivity contribution in [1.29, 1.82) is 0 Å². The number of aryl methyl sites for hydroxylation is 2. The summed E-state index contributed by atoms with van der Waals surface area (Å²) < 4.78 is 6.05. The molecule has 140 valence electrons. The summed E-state index contributed by atoms with van der Waals surface area (Å²) in [6, 6.07) is 0. The first kappa shape index (κ1) is 18.9. The molecule has 1 aliphatic rings. The van der Waals surface area contributed by atoms with Crippen LogP contribution in [0.1, 0.15) is 37.1 Å². The van der Waals surface area contributed by atoms with Gasteiger partial charge in [0, 0.05) is 11.4 Å². The molecule has 2 aromatic rings. The van der Waals surface area contributed by atoms with Crippen LogP contribution in [-0.2, 0) is 28.9 Å². The Morgan fingerprint density at radius 2 is 2.12 bits per heavy atom. The van der Waals surface area contributed by atoms with E-state index in [9.17, 15) is 14.4 Å². The Morgan fingerprint density at radius 3 is 2.81 bits per heavy atom. The fourth-order valence-electron chi connectivity index (χ4n) is 3.05. The van der Waals surface area contributed by atoms with Gasteiger partial charge in [0.2, 0.25) is 5.91 Å². The first-order chi connectivity index (χ1) is 12.5. The smallest absolute Gasteiger partial charge is 0.413 e. The molecule has 3 rings (SSSR count). The van der Waals surface area contributed by atoms with Crippen LogP contribution in [-0.4, -0.2) is 33.9 Å². The molecule has 1 N–H and O–H groups in total. The van der Waals surface area contributed by atoms with E-state index in [1.54, 1.807) is 22.8 Å². The van der Waals surface area contributed by atoms with Crippen molar-refractivity contribution >= 4 is 45.3 Å². The molecule has 9 heteroatoms. The Hall–Kier alpha value is -1.87. The van der Waals surface area contributed by atoms with E-state index in [2.05, 4.69) is 15.0 Å². The highest BCUT2D eigenvalue weighted by Gasteiger charge is 2.24. The number of carbonyl (C=O) groups is 2. The molecule has 7 nitrogen and oxygen atoms in total. The summed E-state index contributed by atoms with van der Waals surface area (Å²) in [5.41, 5.74) is 1.11. The van der Waals surface area contributed by atoms with Gasteiger partial charge in [0.05, 0.1) is 17.7 Å². The number of nitrogens with one attached hydrogen (secondary N) is 1. The lowest BCUT2D eigenvalue weighted by atomic mass is 9.97. The fourth-order valence-corrected chi connectivity index (χ4v) is 5.33. The van der Waals surface area contributed by atoms with E-state index in [1.807, 2.05) is 6.92 Å². The average molecular weight is 396 g/mol. The standard InChI is InChI=1S/C17H21N3O4S2/c1-4-20-15(22)12-10-7-5-6-8-11(10)26-14(12)19-16(20)25-9(2)13(21)18-17(23)24-3/h9H,4-8H2,1-3H3,(H,18,21,23)/t9-/m1/s1. The molecule has 0 fully saturated rings. The molecule has 0 aromatic carbocycles. The highest BCUT2D eigenvalue weighted by molar-refractivity contribution is 8.00. The van der Waals surface area contributed by atoms with Gasteiger partial charge in [-0.2, -0.15) is 0 Å². The molecular formula is C17H21N3O4S2. The molecule has 0 aliphatic heterocycles. The maximum absolute atomic E-state index is 13.0. The number of alkyl carbamates (subject to hydrolysis) is 1. The number of thioether (sulfide) groups is 1. The molecule has 2 aromatic heterocycles. The van der Waals surface area contributed by atoms with Gasteiger partial charge in [-0.05, 0) is 45.1 Å². The number of aromatic nitrogens is 2. The average Bonchev–Trinajstić information content (AvgIpc) is 3.00. The maximum Gasteiger partial charge on any atom is 0.413 e. The van der Waals surface area contributed by atoms with Crippen LogP contribution < -0.4 is 10.9 Å². The lowest BCUT2D eigenvalue weighted by molar-refractivity contribution is -0.119. The zero-order chi connectivity index (χ0) is 18.8. The number of methoxy groups -OCH3 is 1. The number of nitrogens with zero attached hydrogens (tertiary/aromatic N) is 2. The van der Waals surface area contributed by atoms with Crippen LogP contribution in [0, 0.1) is 0 Å². The highest BCUT2D eigenvalue weighted by atomic mass is 32.2. The minimum atomic E-state index is -0.801. The van der Waals surface area contributed by atoms with Crippen molar-refractivity contribution in [3.8, 4) is 0 Å². The highest BCUT2D eigenvalue weighted by Crippen LogP contribution is 2.35. The predicted molar refractivity (Wildman–Crippen MR) is 102 cm³/mol. The van der Waals surface area contributed by atoms with Crippen molar-refractivity contribution in [1.82, 2.24) is 14.9 Å². The minimum absolute atomic E-state index is 0.0417. The number of hydrogen-bond donors (Lipinski definition) is 1. The van der Waals surface area contributed by atoms with Gasteiger partial charge >= 0.3 is 6.09 Å². The van der Waals surface area contributed by atoms with Gasteiger partial charge in [0.1, 0.15) is 4.83 Å². The Kier molecular flexibility index (Phi) is 5.67. The summed E-state index contributed by atoms with van der Waals surface area (Å²) in [5, 5.41) is 2.79. The zero-order valence-electron chi connectivity index (χ0n) is 15.0. The summed E-state index contributed by atoms with van der Waals surface area (Å²) >= 11 is 2.75. The first-order valence-electron chi connectivity index (χ1n) is 8.56. The molecular weight excluding hydrogens is 374 g/mol. The molecule has 0 bridgehead atoms. The van der Waals surface area contributed by atoms with Crippen molar-refractivity contribution in [3.63, 3.8) is 0 Å². The molecule has 0 saturated heterocycles. The Bertz CT molecular complexity index is 919. The van der Waals surface area contributed by atoms with E-state index in [1.165, 1.54) is 23.7 Å². The summed E-state index contributed by atoms with van der Waals surface area (Å²) in [6.07, 6.45) is 3.38. The van der Waals surface area contributed by atoms with Crippen LogP contribution in [0.4, 0.5) is 4.79 Å².